The highest BCUT2D eigenvalue weighted by molar-refractivity contribution is 8.01. The number of Topliss-reactive ketones (excluding diaryl/α,β-unsaturated/α-hetero) is 1. The lowest BCUT2D eigenvalue weighted by atomic mass is 10.1. The van der Waals surface area contributed by atoms with Gasteiger partial charge in [0.2, 0.25) is 0 Å². The van der Waals surface area contributed by atoms with E-state index in [0.717, 1.165) is 17.8 Å². The molecule has 9 heteroatoms. The number of ketones is 1. The Kier molecular flexibility index (Phi) is 3.97. The van der Waals surface area contributed by atoms with Crippen LogP contribution in [0, 0.1) is 0 Å². The van der Waals surface area contributed by atoms with Crippen LogP contribution in [-0.4, -0.2) is 36.8 Å². The predicted octanol–water partition coefficient (Wildman–Crippen LogP) is 2.08. The molecule has 0 aliphatic carbocycles. The van der Waals surface area contributed by atoms with Gasteiger partial charge in [0.25, 0.3) is 5.56 Å². The Labute approximate surface area is 137 Å². The minimum absolute atomic E-state index is 0.0645. The van der Waals surface area contributed by atoms with Gasteiger partial charge in [-0.05, 0) is 18.2 Å². The Hall–Kier alpha value is -2.52. The molecule has 0 radical (unpaired) electrons. The van der Waals surface area contributed by atoms with Gasteiger partial charge in [-0.1, -0.05) is 11.8 Å². The minimum Gasteiger partial charge on any atom is -0.506 e. The second-order valence-corrected chi connectivity index (χ2v) is 6.81. The molecule has 0 amide bonds. The molecular formula is C14H10N2O5S2. The Morgan fingerprint density at radius 1 is 1.17 bits per heavy atom. The second kappa shape index (κ2) is 5.94. The summed E-state index contributed by atoms with van der Waals surface area (Å²) in [5.41, 5.74) is 0.0925. The molecule has 0 unspecified atom stereocenters. The number of thiazole rings is 1. The van der Waals surface area contributed by atoms with Gasteiger partial charge in [0.15, 0.2) is 27.3 Å². The predicted molar refractivity (Wildman–Crippen MR) is 86.7 cm³/mol. The number of rotatable bonds is 4. The SMILES string of the molecule is O=C(CSc1nc2[nH]c(=O)cc(O)c2s1)c1ccc(O)c(O)c1. The maximum absolute atomic E-state index is 12.1. The third kappa shape index (κ3) is 3.15. The lowest BCUT2D eigenvalue weighted by molar-refractivity contribution is 0.102. The fourth-order valence-electron chi connectivity index (χ4n) is 1.87. The minimum atomic E-state index is -0.451. The number of carbonyl (C=O) groups is 1. The van der Waals surface area contributed by atoms with E-state index >= 15 is 0 Å². The molecule has 0 spiro atoms. The highest BCUT2D eigenvalue weighted by atomic mass is 32.2. The lowest BCUT2D eigenvalue weighted by Gasteiger charge is -2.02. The number of H-pyrrole nitrogens is 1. The topological polar surface area (TPSA) is 124 Å². The monoisotopic (exact) mass is 350 g/mol. The normalized spacial score (nSPS) is 11.0. The number of aromatic amines is 1. The van der Waals surface area contributed by atoms with Gasteiger partial charge in [0.1, 0.15) is 10.4 Å². The van der Waals surface area contributed by atoms with E-state index in [-0.39, 0.29) is 40.0 Å². The van der Waals surface area contributed by atoms with Crippen molar-refractivity contribution in [3.8, 4) is 17.2 Å². The summed E-state index contributed by atoms with van der Waals surface area (Å²) < 4.78 is 0.968. The number of hydrogen-bond donors (Lipinski definition) is 4. The van der Waals surface area contributed by atoms with Crippen molar-refractivity contribution in [2.75, 3.05) is 5.75 Å². The van der Waals surface area contributed by atoms with Crippen LogP contribution in [0.5, 0.6) is 17.2 Å². The number of fused-ring (bicyclic) bond motifs is 1. The van der Waals surface area contributed by atoms with Crippen molar-refractivity contribution in [3.63, 3.8) is 0 Å². The van der Waals surface area contributed by atoms with Gasteiger partial charge in [0.05, 0.1) is 5.75 Å². The molecule has 0 saturated carbocycles. The van der Waals surface area contributed by atoms with E-state index in [0.29, 0.717) is 9.04 Å². The smallest absolute Gasteiger partial charge is 0.253 e. The van der Waals surface area contributed by atoms with Crippen molar-refractivity contribution in [2.45, 2.75) is 4.34 Å². The van der Waals surface area contributed by atoms with Crippen LogP contribution in [0.4, 0.5) is 0 Å². The Bertz CT molecular complexity index is 963. The molecule has 0 fully saturated rings. The van der Waals surface area contributed by atoms with Gasteiger partial charge in [-0.2, -0.15) is 0 Å². The zero-order valence-corrected chi connectivity index (χ0v) is 13.1. The summed E-state index contributed by atoms with van der Waals surface area (Å²) in [5, 5.41) is 28.3. The van der Waals surface area contributed by atoms with Crippen molar-refractivity contribution >= 4 is 39.2 Å². The highest BCUT2D eigenvalue weighted by Crippen LogP contribution is 2.33. The van der Waals surface area contributed by atoms with E-state index in [9.17, 15) is 24.9 Å². The first kappa shape index (κ1) is 15.4. The van der Waals surface area contributed by atoms with Crippen LogP contribution in [-0.2, 0) is 0 Å². The standard InChI is InChI=1S/C14H10N2O5S2/c17-7-2-1-6(3-8(7)18)10(20)5-22-14-16-13-12(23-14)9(19)4-11(21)15-13/h1-4,17-18H,5H2,(H2,15,19,21). The number of thioether (sulfide) groups is 1. The summed E-state index contributed by atoms with van der Waals surface area (Å²) in [7, 11) is 0. The largest absolute Gasteiger partial charge is 0.506 e. The molecular weight excluding hydrogens is 340 g/mol. The summed E-state index contributed by atoms with van der Waals surface area (Å²) in [6.07, 6.45) is 0. The van der Waals surface area contributed by atoms with E-state index in [1.54, 1.807) is 0 Å². The molecule has 0 atom stereocenters. The van der Waals surface area contributed by atoms with Crippen LogP contribution in [0.2, 0.25) is 0 Å². The Morgan fingerprint density at radius 3 is 2.70 bits per heavy atom. The summed E-state index contributed by atoms with van der Waals surface area (Å²) >= 11 is 2.32. The number of aromatic hydroxyl groups is 3. The van der Waals surface area contributed by atoms with Gasteiger partial charge < -0.3 is 20.3 Å². The molecule has 0 aliphatic rings. The van der Waals surface area contributed by atoms with Crippen molar-refractivity contribution in [3.05, 3.63) is 40.2 Å². The first-order valence-electron chi connectivity index (χ1n) is 6.35. The van der Waals surface area contributed by atoms with Crippen LogP contribution >= 0.6 is 23.1 Å². The molecule has 0 aliphatic heterocycles. The number of carbonyl (C=O) groups excluding carboxylic acids is 1. The van der Waals surface area contributed by atoms with Crippen molar-refractivity contribution in [1.82, 2.24) is 9.97 Å². The zero-order chi connectivity index (χ0) is 16.6. The van der Waals surface area contributed by atoms with Crippen molar-refractivity contribution in [2.24, 2.45) is 0 Å². The van der Waals surface area contributed by atoms with Gasteiger partial charge in [-0.25, -0.2) is 4.98 Å². The van der Waals surface area contributed by atoms with E-state index in [4.69, 9.17) is 0 Å². The third-order valence-electron chi connectivity index (χ3n) is 2.97. The van der Waals surface area contributed by atoms with Crippen molar-refractivity contribution < 1.29 is 20.1 Å². The Morgan fingerprint density at radius 2 is 1.96 bits per heavy atom. The van der Waals surface area contributed by atoms with Gasteiger partial charge in [-0.3, -0.25) is 9.59 Å². The molecule has 118 valence electrons. The van der Waals surface area contributed by atoms with E-state index in [1.807, 2.05) is 0 Å². The average molecular weight is 350 g/mol. The Balaban J connectivity index is 1.77. The van der Waals surface area contributed by atoms with Crippen molar-refractivity contribution in [1.29, 1.82) is 0 Å². The number of nitrogens with zero attached hydrogens (tertiary/aromatic N) is 1. The van der Waals surface area contributed by atoms with E-state index < -0.39 is 5.56 Å². The number of benzene rings is 1. The highest BCUT2D eigenvalue weighted by Gasteiger charge is 2.13. The molecule has 1 aromatic carbocycles. The quantitative estimate of drug-likeness (QED) is 0.323. The first-order valence-corrected chi connectivity index (χ1v) is 8.15. The first-order chi connectivity index (χ1) is 10.9. The maximum Gasteiger partial charge on any atom is 0.253 e. The number of phenolic OH excluding ortho intramolecular Hbond substituents is 2. The molecule has 2 aromatic heterocycles. The number of phenols is 2. The van der Waals surface area contributed by atoms with E-state index in [2.05, 4.69) is 9.97 Å². The number of aromatic nitrogens is 2. The summed E-state index contributed by atoms with van der Waals surface area (Å²) in [5.74, 6) is -0.983. The molecule has 0 saturated heterocycles. The van der Waals surface area contributed by atoms with Gasteiger partial charge in [-0.15, -0.1) is 11.3 Å². The second-order valence-electron chi connectivity index (χ2n) is 4.59. The van der Waals surface area contributed by atoms with Crippen LogP contribution in [0.3, 0.4) is 0 Å². The lowest BCUT2D eigenvalue weighted by Crippen LogP contribution is -2.02. The molecule has 23 heavy (non-hydrogen) atoms. The van der Waals surface area contributed by atoms with Crippen LogP contribution in [0.15, 0.2) is 33.4 Å². The average Bonchev–Trinajstić information content (AvgIpc) is 2.91. The van der Waals surface area contributed by atoms with Crippen LogP contribution in [0.1, 0.15) is 10.4 Å². The summed E-state index contributed by atoms with van der Waals surface area (Å²) in [6.45, 7) is 0. The number of hydrogen-bond acceptors (Lipinski definition) is 8. The fraction of sp³-hybridized carbons (Fsp3) is 0.0714. The fourth-order valence-corrected chi connectivity index (χ4v) is 3.78. The molecule has 2 heterocycles. The molecule has 3 rings (SSSR count). The molecule has 3 aromatic rings. The van der Waals surface area contributed by atoms with Gasteiger partial charge in [0, 0.05) is 11.6 Å². The number of nitrogens with one attached hydrogen (secondary N) is 1. The molecule has 7 nitrogen and oxygen atoms in total. The van der Waals surface area contributed by atoms with E-state index in [1.165, 1.54) is 29.5 Å². The summed E-state index contributed by atoms with van der Waals surface area (Å²) in [4.78, 5) is 30.0. The van der Waals surface area contributed by atoms with Gasteiger partial charge >= 0.3 is 0 Å². The zero-order valence-electron chi connectivity index (χ0n) is 11.4. The molecule has 0 bridgehead atoms. The van der Waals surface area contributed by atoms with Crippen LogP contribution in [0.25, 0.3) is 10.3 Å². The summed E-state index contributed by atoms with van der Waals surface area (Å²) in [6, 6.07) is 4.92. The number of pyridine rings is 1. The van der Waals surface area contributed by atoms with Crippen LogP contribution < -0.4 is 5.56 Å². The maximum atomic E-state index is 12.1. The molecule has 4 N–H and O–H groups in total. The third-order valence-corrected chi connectivity index (χ3v) is 5.19.